The lowest BCUT2D eigenvalue weighted by Crippen LogP contribution is -2.38. The van der Waals surface area contributed by atoms with Gasteiger partial charge in [-0.2, -0.15) is 0 Å². The summed E-state index contributed by atoms with van der Waals surface area (Å²) >= 11 is 12.5. The molecule has 1 aliphatic rings. The maximum atomic E-state index is 6.35. The van der Waals surface area contributed by atoms with Gasteiger partial charge in [0.1, 0.15) is 11.6 Å². The molecule has 1 N–H and O–H groups in total. The van der Waals surface area contributed by atoms with Crippen molar-refractivity contribution in [3.05, 3.63) is 16.1 Å². The van der Waals surface area contributed by atoms with Crippen LogP contribution in [0.4, 0.5) is 11.6 Å². The van der Waals surface area contributed by atoms with Crippen molar-refractivity contribution in [2.45, 2.75) is 25.8 Å². The summed E-state index contributed by atoms with van der Waals surface area (Å²) in [5.41, 5.74) is 0. The van der Waals surface area contributed by atoms with E-state index in [1.807, 2.05) is 6.92 Å². The molecule has 4 nitrogen and oxygen atoms in total. The van der Waals surface area contributed by atoms with Crippen molar-refractivity contribution in [3.8, 4) is 0 Å². The summed E-state index contributed by atoms with van der Waals surface area (Å²) in [7, 11) is 4.19. The van der Waals surface area contributed by atoms with Crippen LogP contribution in [0.25, 0.3) is 0 Å². The Morgan fingerprint density at radius 3 is 2.80 bits per heavy atom. The largest absolute Gasteiger partial charge is 0.369 e. The Bertz CT molecular complexity index is 465. The first-order chi connectivity index (χ1) is 9.52. The Morgan fingerprint density at radius 1 is 1.40 bits per heavy atom. The molecule has 2 rings (SSSR count). The van der Waals surface area contributed by atoms with Crippen LogP contribution >= 0.6 is 23.2 Å². The summed E-state index contributed by atoms with van der Waals surface area (Å²) in [6.45, 7) is 4.82. The first-order valence-corrected chi connectivity index (χ1v) is 7.79. The second-order valence-electron chi connectivity index (χ2n) is 5.41. The van der Waals surface area contributed by atoms with Crippen LogP contribution in [-0.4, -0.2) is 49.7 Å². The number of likely N-dealkylation sites (N-methyl/N-ethyl adjacent to an activating group) is 1. The first-order valence-electron chi connectivity index (χ1n) is 7.04. The lowest BCUT2D eigenvalue weighted by Gasteiger charge is -2.29. The number of hydrogen-bond acceptors (Lipinski definition) is 4. The highest BCUT2D eigenvalue weighted by atomic mass is 35.5. The molecule has 6 heteroatoms. The average Bonchev–Trinajstić information content (AvgIpc) is 2.80. The number of aromatic nitrogens is 1. The molecule has 1 unspecified atom stereocenters. The second kappa shape index (κ2) is 6.83. The number of rotatable bonds is 5. The van der Waals surface area contributed by atoms with Gasteiger partial charge in [0.2, 0.25) is 0 Å². The van der Waals surface area contributed by atoms with Gasteiger partial charge in [-0.15, -0.1) is 0 Å². The third kappa shape index (κ3) is 3.48. The molecule has 0 aromatic carbocycles. The van der Waals surface area contributed by atoms with Crippen LogP contribution in [0, 0.1) is 0 Å². The summed E-state index contributed by atoms with van der Waals surface area (Å²) in [6.07, 6.45) is 2.35. The summed E-state index contributed by atoms with van der Waals surface area (Å²) in [5.74, 6) is 1.56. The zero-order valence-corrected chi connectivity index (χ0v) is 13.8. The van der Waals surface area contributed by atoms with E-state index < -0.39 is 0 Å². The van der Waals surface area contributed by atoms with E-state index in [0.717, 1.165) is 25.5 Å². The molecule has 1 saturated heterocycles. The van der Waals surface area contributed by atoms with Crippen molar-refractivity contribution in [2.75, 3.05) is 43.9 Å². The van der Waals surface area contributed by atoms with Gasteiger partial charge in [-0.1, -0.05) is 23.2 Å². The van der Waals surface area contributed by atoms with Crippen molar-refractivity contribution in [3.63, 3.8) is 0 Å². The molecule has 1 atom stereocenters. The van der Waals surface area contributed by atoms with Gasteiger partial charge in [-0.3, -0.25) is 0 Å². The van der Waals surface area contributed by atoms with Gasteiger partial charge in [-0.25, -0.2) is 4.98 Å². The third-order valence-corrected chi connectivity index (χ3v) is 4.05. The minimum Gasteiger partial charge on any atom is -0.369 e. The van der Waals surface area contributed by atoms with Gasteiger partial charge in [0.05, 0.1) is 10.0 Å². The van der Waals surface area contributed by atoms with Gasteiger partial charge in [0.25, 0.3) is 0 Å². The zero-order chi connectivity index (χ0) is 14.7. The van der Waals surface area contributed by atoms with Crippen molar-refractivity contribution in [1.82, 2.24) is 9.88 Å². The van der Waals surface area contributed by atoms with E-state index in [0.29, 0.717) is 21.9 Å². The number of anilines is 2. The van der Waals surface area contributed by atoms with Crippen molar-refractivity contribution in [1.29, 1.82) is 0 Å². The molecular weight excluding hydrogens is 295 g/mol. The van der Waals surface area contributed by atoms with Gasteiger partial charge in [0, 0.05) is 25.7 Å². The van der Waals surface area contributed by atoms with Crippen LogP contribution in [-0.2, 0) is 0 Å². The fourth-order valence-electron chi connectivity index (χ4n) is 2.68. The van der Waals surface area contributed by atoms with Crippen LogP contribution in [0.2, 0.25) is 10.0 Å². The number of pyridine rings is 1. The van der Waals surface area contributed by atoms with Crippen molar-refractivity contribution < 1.29 is 0 Å². The molecule has 0 amide bonds. The molecule has 20 heavy (non-hydrogen) atoms. The number of halogens is 2. The molecule has 112 valence electrons. The lowest BCUT2D eigenvalue weighted by molar-refractivity contribution is 0.371. The molecule has 1 fully saturated rings. The molecule has 0 saturated carbocycles. The van der Waals surface area contributed by atoms with Crippen LogP contribution in [0.15, 0.2) is 6.07 Å². The number of nitrogens with zero attached hydrogens (tertiary/aromatic N) is 3. The number of hydrogen-bond donors (Lipinski definition) is 1. The van der Waals surface area contributed by atoms with Gasteiger partial charge in [-0.05, 0) is 39.9 Å². The fourth-order valence-corrected chi connectivity index (χ4v) is 3.21. The first kappa shape index (κ1) is 15.7. The molecule has 0 bridgehead atoms. The lowest BCUT2D eigenvalue weighted by atomic mass is 10.2. The van der Waals surface area contributed by atoms with Gasteiger partial charge >= 0.3 is 0 Å². The molecule has 1 aliphatic heterocycles. The van der Waals surface area contributed by atoms with E-state index in [-0.39, 0.29) is 0 Å². The summed E-state index contributed by atoms with van der Waals surface area (Å²) < 4.78 is 0. The third-order valence-electron chi connectivity index (χ3n) is 3.48. The maximum Gasteiger partial charge on any atom is 0.150 e. The van der Waals surface area contributed by atoms with E-state index in [4.69, 9.17) is 23.2 Å². The normalized spacial score (nSPS) is 18.9. The predicted molar refractivity (Wildman–Crippen MR) is 87.3 cm³/mol. The zero-order valence-electron chi connectivity index (χ0n) is 12.3. The molecule has 0 spiro atoms. The molecule has 1 aromatic rings. The van der Waals surface area contributed by atoms with Crippen LogP contribution in [0.1, 0.15) is 19.8 Å². The fraction of sp³-hybridized carbons (Fsp3) is 0.643. The van der Waals surface area contributed by atoms with E-state index >= 15 is 0 Å². The number of nitrogens with one attached hydrogen (secondary N) is 1. The Morgan fingerprint density at radius 2 is 2.15 bits per heavy atom. The summed E-state index contributed by atoms with van der Waals surface area (Å²) in [5, 5.41) is 4.38. The standard InChI is InChI=1S/C14H22Cl2N4/c1-4-17-13-11(15)8-12(16)14(18-13)20-7-5-6-10(20)9-19(2)3/h8,10H,4-7,9H2,1-3H3,(H,17,18). The predicted octanol–water partition coefficient (Wildman–Crippen LogP) is 3.35. The summed E-state index contributed by atoms with van der Waals surface area (Å²) in [6, 6.07) is 2.25. The molecule has 0 radical (unpaired) electrons. The van der Waals surface area contributed by atoms with E-state index in [2.05, 4.69) is 34.2 Å². The Balaban J connectivity index is 2.28. The van der Waals surface area contributed by atoms with E-state index in [1.165, 1.54) is 12.8 Å². The maximum absolute atomic E-state index is 6.35. The minimum absolute atomic E-state index is 0.464. The topological polar surface area (TPSA) is 31.4 Å². The highest BCUT2D eigenvalue weighted by molar-refractivity contribution is 6.37. The SMILES string of the molecule is CCNc1nc(N2CCCC2CN(C)C)c(Cl)cc1Cl. The van der Waals surface area contributed by atoms with Crippen LogP contribution in [0.5, 0.6) is 0 Å². The monoisotopic (exact) mass is 316 g/mol. The molecular formula is C14H22Cl2N4. The highest BCUT2D eigenvalue weighted by Crippen LogP contribution is 2.35. The Kier molecular flexibility index (Phi) is 5.35. The average molecular weight is 317 g/mol. The van der Waals surface area contributed by atoms with Gasteiger partial charge in [0.15, 0.2) is 0 Å². The Labute approximate surface area is 131 Å². The van der Waals surface area contributed by atoms with Crippen LogP contribution < -0.4 is 10.2 Å². The second-order valence-corrected chi connectivity index (χ2v) is 6.22. The smallest absolute Gasteiger partial charge is 0.150 e. The quantitative estimate of drug-likeness (QED) is 0.902. The minimum atomic E-state index is 0.464. The molecule has 0 aliphatic carbocycles. The van der Waals surface area contributed by atoms with Crippen molar-refractivity contribution in [2.24, 2.45) is 0 Å². The molecule has 1 aromatic heterocycles. The van der Waals surface area contributed by atoms with Crippen LogP contribution in [0.3, 0.4) is 0 Å². The summed E-state index contributed by atoms with van der Waals surface area (Å²) in [4.78, 5) is 9.14. The van der Waals surface area contributed by atoms with Gasteiger partial charge < -0.3 is 15.1 Å². The van der Waals surface area contributed by atoms with E-state index in [9.17, 15) is 0 Å². The molecule has 2 heterocycles. The Hall–Kier alpha value is -0.710. The highest BCUT2D eigenvalue weighted by Gasteiger charge is 2.28. The van der Waals surface area contributed by atoms with Crippen molar-refractivity contribution >= 4 is 34.8 Å². The van der Waals surface area contributed by atoms with E-state index in [1.54, 1.807) is 6.07 Å².